The Balaban J connectivity index is 1.75. The molecular formula is C32H49N3O3. The summed E-state index contributed by atoms with van der Waals surface area (Å²) in [7, 11) is 0. The lowest BCUT2D eigenvalue weighted by atomic mass is 9.69. The molecule has 1 aliphatic carbocycles. The fourth-order valence-electron chi connectivity index (χ4n) is 6.78. The number of amidine groups is 1. The van der Waals surface area contributed by atoms with E-state index < -0.39 is 11.6 Å². The summed E-state index contributed by atoms with van der Waals surface area (Å²) in [5.41, 5.74) is 1.11. The molecule has 210 valence electrons. The van der Waals surface area contributed by atoms with E-state index in [4.69, 9.17) is 4.99 Å². The van der Waals surface area contributed by atoms with Crippen molar-refractivity contribution >= 4 is 17.7 Å². The lowest BCUT2D eigenvalue weighted by molar-refractivity contribution is -0.134. The number of aromatic carboxylic acids is 1. The molecule has 2 fully saturated rings. The highest BCUT2D eigenvalue weighted by molar-refractivity contribution is 6.39. The van der Waals surface area contributed by atoms with Gasteiger partial charge in [-0.2, -0.15) is 0 Å². The maximum Gasteiger partial charge on any atom is 0.335 e. The first-order chi connectivity index (χ1) is 17.7. The van der Waals surface area contributed by atoms with E-state index >= 15 is 0 Å². The van der Waals surface area contributed by atoms with Gasteiger partial charge in [-0.3, -0.25) is 4.79 Å². The number of carboxylic acids is 1. The average molecular weight is 524 g/mol. The van der Waals surface area contributed by atoms with Crippen molar-refractivity contribution in [2.45, 2.75) is 112 Å². The van der Waals surface area contributed by atoms with E-state index in [1.807, 2.05) is 12.1 Å². The fourth-order valence-corrected chi connectivity index (χ4v) is 6.78. The van der Waals surface area contributed by atoms with Crippen molar-refractivity contribution in [2.24, 2.45) is 27.7 Å². The molecule has 0 radical (unpaired) electrons. The first kappa shape index (κ1) is 28.6. The zero-order valence-corrected chi connectivity index (χ0v) is 24.7. The van der Waals surface area contributed by atoms with Crippen molar-refractivity contribution in [2.75, 3.05) is 13.1 Å². The lowest BCUT2D eigenvalue weighted by Gasteiger charge is -2.47. The summed E-state index contributed by atoms with van der Waals surface area (Å²) in [6.07, 6.45) is 7.96. The van der Waals surface area contributed by atoms with E-state index in [0.717, 1.165) is 63.6 Å². The van der Waals surface area contributed by atoms with Gasteiger partial charge in [0.1, 0.15) is 5.66 Å². The number of nitrogens with zero attached hydrogens (tertiary/aromatic N) is 3. The number of carbonyl (C=O) groups excluding carboxylic acids is 1. The average Bonchev–Trinajstić information content (AvgIpc) is 3.10. The van der Waals surface area contributed by atoms with Crippen LogP contribution in [0.1, 0.15) is 122 Å². The van der Waals surface area contributed by atoms with E-state index in [1.54, 1.807) is 12.1 Å². The van der Waals surface area contributed by atoms with Gasteiger partial charge in [-0.25, -0.2) is 9.79 Å². The molecule has 2 aliphatic heterocycles. The number of amides is 1. The van der Waals surface area contributed by atoms with Crippen LogP contribution < -0.4 is 0 Å². The van der Waals surface area contributed by atoms with Crippen molar-refractivity contribution < 1.29 is 14.7 Å². The third-order valence-corrected chi connectivity index (χ3v) is 9.16. The van der Waals surface area contributed by atoms with Crippen molar-refractivity contribution in [3.8, 4) is 0 Å². The number of hydrogen-bond acceptors (Lipinski definition) is 4. The number of aliphatic imine (C=N–C) groups is 1. The largest absolute Gasteiger partial charge is 0.478 e. The fraction of sp³-hybridized carbons (Fsp3) is 0.719. The van der Waals surface area contributed by atoms with Crippen molar-refractivity contribution in [1.29, 1.82) is 0 Å². The van der Waals surface area contributed by atoms with E-state index in [1.165, 1.54) is 6.42 Å². The Bertz CT molecular complexity index is 1040. The van der Waals surface area contributed by atoms with E-state index in [2.05, 4.69) is 58.3 Å². The van der Waals surface area contributed by atoms with Gasteiger partial charge in [-0.05, 0) is 91.7 Å². The van der Waals surface area contributed by atoms with Gasteiger partial charge in [-0.1, -0.05) is 60.6 Å². The molecule has 1 N–H and O–H groups in total. The zero-order valence-electron chi connectivity index (χ0n) is 24.7. The van der Waals surface area contributed by atoms with Crippen LogP contribution in [0.3, 0.4) is 0 Å². The molecule has 1 unspecified atom stereocenters. The van der Waals surface area contributed by atoms with Crippen LogP contribution in [0.15, 0.2) is 29.3 Å². The molecule has 6 heteroatoms. The molecule has 4 rings (SSSR count). The molecule has 2 heterocycles. The Kier molecular flexibility index (Phi) is 8.03. The summed E-state index contributed by atoms with van der Waals surface area (Å²) in [6.45, 7) is 17.8. The molecular weight excluding hydrogens is 474 g/mol. The quantitative estimate of drug-likeness (QED) is 0.444. The third-order valence-electron chi connectivity index (χ3n) is 9.16. The number of carbonyl (C=O) groups is 2. The number of carboxylic acid groups (broad SMARTS) is 1. The summed E-state index contributed by atoms with van der Waals surface area (Å²) in [4.78, 5) is 35.8. The monoisotopic (exact) mass is 523 g/mol. The molecule has 1 amide bonds. The maximum atomic E-state index is 14.4. The Morgan fingerprint density at radius 3 is 2.24 bits per heavy atom. The zero-order chi connectivity index (χ0) is 27.9. The van der Waals surface area contributed by atoms with Gasteiger partial charge in [0.2, 0.25) is 0 Å². The van der Waals surface area contributed by atoms with Gasteiger partial charge >= 0.3 is 5.97 Å². The van der Waals surface area contributed by atoms with E-state index in [0.29, 0.717) is 17.7 Å². The summed E-state index contributed by atoms with van der Waals surface area (Å²) in [6, 6.07) is 7.05. The summed E-state index contributed by atoms with van der Waals surface area (Å²) < 4.78 is 0. The summed E-state index contributed by atoms with van der Waals surface area (Å²) in [5.74, 6) is 0.966. The molecule has 0 aromatic heterocycles. The van der Waals surface area contributed by atoms with Gasteiger partial charge < -0.3 is 14.9 Å². The minimum Gasteiger partial charge on any atom is -0.478 e. The number of hydrogen-bond donors (Lipinski definition) is 1. The van der Waals surface area contributed by atoms with Crippen LogP contribution in [-0.4, -0.2) is 51.4 Å². The molecule has 0 bridgehead atoms. The SMILES string of the molecule is CC1CCCN(C2=NC3(CCC(C(C)(C)C)CC3)N([C@H](CCC(C)(C)C)c3ccc(C(=O)O)cc3)C2=O)C1. The lowest BCUT2D eigenvalue weighted by Crippen LogP contribution is -2.52. The number of likely N-dealkylation sites (tertiary alicyclic amines) is 1. The van der Waals surface area contributed by atoms with Crippen LogP contribution in [0, 0.1) is 22.7 Å². The highest BCUT2D eigenvalue weighted by Crippen LogP contribution is 2.50. The Morgan fingerprint density at radius 1 is 1.08 bits per heavy atom. The molecule has 1 aromatic carbocycles. The maximum absolute atomic E-state index is 14.4. The van der Waals surface area contributed by atoms with Crippen LogP contribution in [0.4, 0.5) is 0 Å². The van der Waals surface area contributed by atoms with Gasteiger partial charge in [0.05, 0.1) is 11.6 Å². The predicted molar refractivity (Wildman–Crippen MR) is 153 cm³/mol. The molecule has 38 heavy (non-hydrogen) atoms. The van der Waals surface area contributed by atoms with Gasteiger partial charge in [0.15, 0.2) is 5.84 Å². The van der Waals surface area contributed by atoms with Crippen molar-refractivity contribution in [3.63, 3.8) is 0 Å². The molecule has 1 aromatic rings. The molecule has 3 aliphatic rings. The summed E-state index contributed by atoms with van der Waals surface area (Å²) in [5, 5.41) is 9.48. The number of piperidine rings is 1. The third kappa shape index (κ3) is 6.10. The predicted octanol–water partition coefficient (Wildman–Crippen LogP) is 7.16. The topological polar surface area (TPSA) is 73.2 Å². The minimum absolute atomic E-state index is 0.0644. The van der Waals surface area contributed by atoms with Gasteiger partial charge in [0, 0.05) is 13.1 Å². The Morgan fingerprint density at radius 2 is 1.71 bits per heavy atom. The highest BCUT2D eigenvalue weighted by atomic mass is 16.4. The Hall–Kier alpha value is -2.37. The minimum atomic E-state index is -0.929. The van der Waals surface area contributed by atoms with Gasteiger partial charge in [-0.15, -0.1) is 0 Å². The molecule has 2 atom stereocenters. The van der Waals surface area contributed by atoms with Gasteiger partial charge in [0.25, 0.3) is 5.91 Å². The molecule has 1 saturated carbocycles. The highest BCUT2D eigenvalue weighted by Gasteiger charge is 2.53. The Labute approximate surface area is 229 Å². The normalized spacial score (nSPS) is 27.6. The van der Waals surface area contributed by atoms with Crippen LogP contribution in [0.5, 0.6) is 0 Å². The second-order valence-corrected chi connectivity index (χ2v) is 14.5. The standard InChI is InChI=1S/C32H49N3O3/c1-22-9-8-20-34(21-22)27-28(36)35(32(33-27)18-14-25(15-19-32)31(5,6)7)26(16-17-30(2,3)4)23-10-12-24(13-11-23)29(37)38/h10-13,22,25-26H,8-9,14-21H2,1-7H3,(H,37,38)/t22?,25?,26-,32?/m1/s1. The molecule has 1 saturated heterocycles. The number of benzene rings is 1. The van der Waals surface area contributed by atoms with Crippen molar-refractivity contribution in [1.82, 2.24) is 9.80 Å². The second kappa shape index (κ2) is 10.7. The van der Waals surface area contributed by atoms with Crippen LogP contribution in [0.25, 0.3) is 0 Å². The molecule has 6 nitrogen and oxygen atoms in total. The smallest absolute Gasteiger partial charge is 0.335 e. The molecule has 1 spiro atoms. The first-order valence-corrected chi connectivity index (χ1v) is 14.7. The van der Waals surface area contributed by atoms with Crippen molar-refractivity contribution in [3.05, 3.63) is 35.4 Å². The van der Waals surface area contributed by atoms with Crippen LogP contribution in [-0.2, 0) is 4.79 Å². The number of rotatable bonds is 5. The van der Waals surface area contributed by atoms with E-state index in [-0.39, 0.29) is 28.3 Å². The first-order valence-electron chi connectivity index (χ1n) is 14.7. The second-order valence-electron chi connectivity index (χ2n) is 14.5. The van der Waals surface area contributed by atoms with Crippen LogP contribution >= 0.6 is 0 Å². The van der Waals surface area contributed by atoms with E-state index in [9.17, 15) is 14.7 Å². The summed E-state index contributed by atoms with van der Waals surface area (Å²) >= 11 is 0. The van der Waals surface area contributed by atoms with Crippen LogP contribution in [0.2, 0.25) is 0 Å².